The van der Waals surface area contributed by atoms with Crippen LogP contribution in [-0.4, -0.2) is 43.4 Å². The first-order valence-corrected chi connectivity index (χ1v) is 8.44. The minimum atomic E-state index is 0.0519. The van der Waals surface area contributed by atoms with Crippen LogP contribution in [0.1, 0.15) is 23.0 Å². The molecule has 0 aliphatic carbocycles. The van der Waals surface area contributed by atoms with Crippen molar-refractivity contribution in [3.8, 4) is 0 Å². The molecule has 25 heavy (non-hydrogen) atoms. The molecule has 1 N–H and O–H groups in total. The van der Waals surface area contributed by atoms with Crippen molar-refractivity contribution in [2.24, 2.45) is 0 Å². The van der Waals surface area contributed by atoms with Crippen LogP contribution in [0.5, 0.6) is 0 Å². The number of aromatic nitrogens is 4. The van der Waals surface area contributed by atoms with Gasteiger partial charge in [0.15, 0.2) is 5.65 Å². The van der Waals surface area contributed by atoms with E-state index in [1.165, 1.54) is 0 Å². The van der Waals surface area contributed by atoms with E-state index in [0.717, 1.165) is 35.0 Å². The quantitative estimate of drug-likeness (QED) is 0.614. The number of nitrogens with one attached hydrogen (secondary N) is 1. The molecule has 1 amide bonds. The van der Waals surface area contributed by atoms with E-state index in [1.54, 1.807) is 6.20 Å². The van der Waals surface area contributed by atoms with Crippen molar-refractivity contribution in [1.82, 2.24) is 24.4 Å². The average Bonchev–Trinajstić information content (AvgIpc) is 3.37. The first-order chi connectivity index (χ1) is 12.3. The second-order valence-electron chi connectivity index (χ2n) is 6.46. The lowest BCUT2D eigenvalue weighted by Gasteiger charge is -2.16. The molecule has 0 radical (unpaired) electrons. The molecule has 1 aliphatic rings. The lowest BCUT2D eigenvalue weighted by Crippen LogP contribution is -2.29. The van der Waals surface area contributed by atoms with Crippen LogP contribution in [0.15, 0.2) is 55.0 Å². The van der Waals surface area contributed by atoms with Gasteiger partial charge in [-0.15, -0.1) is 0 Å². The highest BCUT2D eigenvalue weighted by molar-refractivity contribution is 5.98. The first kappa shape index (κ1) is 14.2. The van der Waals surface area contributed by atoms with Gasteiger partial charge in [-0.25, -0.2) is 9.97 Å². The van der Waals surface area contributed by atoms with Gasteiger partial charge in [-0.05, 0) is 30.7 Å². The van der Waals surface area contributed by atoms with E-state index in [9.17, 15) is 4.79 Å². The summed E-state index contributed by atoms with van der Waals surface area (Å²) in [5.74, 6) is 0.0519. The van der Waals surface area contributed by atoms with Crippen molar-refractivity contribution in [3.63, 3.8) is 0 Å². The first-order valence-electron chi connectivity index (χ1n) is 8.44. The third-order valence-corrected chi connectivity index (χ3v) is 4.94. The molecule has 1 unspecified atom stereocenters. The van der Waals surface area contributed by atoms with Gasteiger partial charge in [-0.2, -0.15) is 0 Å². The van der Waals surface area contributed by atoms with Gasteiger partial charge in [0, 0.05) is 30.2 Å². The van der Waals surface area contributed by atoms with Gasteiger partial charge in [0.05, 0.1) is 12.4 Å². The Hall–Kier alpha value is -3.15. The van der Waals surface area contributed by atoms with E-state index in [2.05, 4.69) is 19.5 Å². The predicted molar refractivity (Wildman–Crippen MR) is 95.4 cm³/mol. The van der Waals surface area contributed by atoms with Gasteiger partial charge < -0.3 is 14.5 Å². The summed E-state index contributed by atoms with van der Waals surface area (Å²) in [7, 11) is 0. The summed E-state index contributed by atoms with van der Waals surface area (Å²) in [5.41, 5.74) is 3.41. The summed E-state index contributed by atoms with van der Waals surface area (Å²) in [6.07, 6.45) is 4.52. The minimum absolute atomic E-state index is 0.0519. The zero-order valence-corrected chi connectivity index (χ0v) is 13.6. The number of benzene rings is 1. The highest BCUT2D eigenvalue weighted by atomic mass is 16.2. The number of imidazole rings is 1. The van der Waals surface area contributed by atoms with Gasteiger partial charge in [0.2, 0.25) is 0 Å². The largest absolute Gasteiger partial charge is 0.351 e. The Balaban J connectivity index is 1.40. The third kappa shape index (κ3) is 2.29. The van der Waals surface area contributed by atoms with Crippen LogP contribution in [0.3, 0.4) is 0 Å². The molecule has 1 saturated heterocycles. The highest BCUT2D eigenvalue weighted by Crippen LogP contribution is 2.26. The Bertz CT molecular complexity index is 1050. The maximum atomic E-state index is 12.8. The van der Waals surface area contributed by atoms with Gasteiger partial charge in [0.25, 0.3) is 5.91 Å². The van der Waals surface area contributed by atoms with Crippen molar-refractivity contribution in [3.05, 3.63) is 60.7 Å². The summed E-state index contributed by atoms with van der Waals surface area (Å²) < 4.78 is 2.09. The summed E-state index contributed by atoms with van der Waals surface area (Å²) in [6.45, 7) is 1.42. The molecule has 0 saturated carbocycles. The third-order valence-electron chi connectivity index (χ3n) is 4.94. The van der Waals surface area contributed by atoms with Crippen LogP contribution < -0.4 is 0 Å². The number of pyridine rings is 1. The van der Waals surface area contributed by atoms with Crippen molar-refractivity contribution in [2.45, 2.75) is 12.5 Å². The number of rotatable bonds is 2. The molecule has 1 fully saturated rings. The number of para-hydroxylation sites is 1. The standard InChI is InChI=1S/C19H17N5O/c25-19(17-10-13-4-1-2-5-15(13)22-17)23-9-7-14(11-23)24-12-21-16-6-3-8-20-18(16)24/h1-6,8,10,12,14,22H,7,9,11H2. The molecular weight excluding hydrogens is 314 g/mol. The number of aromatic amines is 1. The molecule has 0 spiro atoms. The molecule has 3 aromatic heterocycles. The number of likely N-dealkylation sites (tertiary alicyclic amines) is 1. The Kier molecular flexibility index (Phi) is 3.09. The van der Waals surface area contributed by atoms with Gasteiger partial charge in [0.1, 0.15) is 11.2 Å². The van der Waals surface area contributed by atoms with Crippen LogP contribution in [0.2, 0.25) is 0 Å². The summed E-state index contributed by atoms with van der Waals surface area (Å²) in [4.78, 5) is 26.8. The minimum Gasteiger partial charge on any atom is -0.351 e. The lowest BCUT2D eigenvalue weighted by atomic mass is 10.2. The zero-order valence-electron chi connectivity index (χ0n) is 13.6. The van der Waals surface area contributed by atoms with E-state index in [4.69, 9.17) is 0 Å². The van der Waals surface area contributed by atoms with Crippen LogP contribution in [0.4, 0.5) is 0 Å². The molecule has 1 aromatic carbocycles. The van der Waals surface area contributed by atoms with Gasteiger partial charge in [-0.3, -0.25) is 4.79 Å². The average molecular weight is 331 g/mol. The summed E-state index contributed by atoms with van der Waals surface area (Å²) >= 11 is 0. The second-order valence-corrected chi connectivity index (χ2v) is 6.46. The molecule has 4 aromatic rings. The zero-order chi connectivity index (χ0) is 16.8. The van der Waals surface area contributed by atoms with Crippen molar-refractivity contribution in [2.75, 3.05) is 13.1 Å². The van der Waals surface area contributed by atoms with E-state index < -0.39 is 0 Å². The van der Waals surface area contributed by atoms with Crippen molar-refractivity contribution in [1.29, 1.82) is 0 Å². The fourth-order valence-electron chi connectivity index (χ4n) is 3.65. The Labute approximate surface area is 144 Å². The number of carbonyl (C=O) groups excluding carboxylic acids is 1. The molecule has 6 nitrogen and oxygen atoms in total. The molecule has 0 bridgehead atoms. The fourth-order valence-corrected chi connectivity index (χ4v) is 3.65. The van der Waals surface area contributed by atoms with Gasteiger partial charge >= 0.3 is 0 Å². The van der Waals surface area contributed by atoms with Crippen LogP contribution in [0, 0.1) is 0 Å². The summed E-state index contributed by atoms with van der Waals surface area (Å²) in [5, 5.41) is 1.06. The number of hydrogen-bond acceptors (Lipinski definition) is 3. The molecule has 5 rings (SSSR count). The lowest BCUT2D eigenvalue weighted by molar-refractivity contribution is 0.0783. The van der Waals surface area contributed by atoms with Gasteiger partial charge in [-0.1, -0.05) is 18.2 Å². The van der Waals surface area contributed by atoms with Crippen molar-refractivity contribution < 1.29 is 4.79 Å². The smallest absolute Gasteiger partial charge is 0.270 e. The Morgan fingerprint density at radius 1 is 1.16 bits per heavy atom. The number of hydrogen-bond donors (Lipinski definition) is 1. The Morgan fingerprint density at radius 2 is 2.08 bits per heavy atom. The van der Waals surface area contributed by atoms with E-state index in [0.29, 0.717) is 12.2 Å². The SMILES string of the molecule is O=C(c1cc2ccccc2[nH]1)N1CCC(n2cnc3cccnc32)C1. The van der Waals surface area contributed by atoms with Crippen LogP contribution in [-0.2, 0) is 0 Å². The topological polar surface area (TPSA) is 66.8 Å². The summed E-state index contributed by atoms with van der Waals surface area (Å²) in [6, 6.07) is 13.9. The molecule has 124 valence electrons. The highest BCUT2D eigenvalue weighted by Gasteiger charge is 2.29. The van der Waals surface area contributed by atoms with E-state index >= 15 is 0 Å². The monoisotopic (exact) mass is 331 g/mol. The van der Waals surface area contributed by atoms with E-state index in [-0.39, 0.29) is 11.9 Å². The number of carbonyl (C=O) groups is 1. The molecule has 4 heterocycles. The molecule has 1 aliphatic heterocycles. The fraction of sp³-hybridized carbons (Fsp3) is 0.211. The number of H-pyrrole nitrogens is 1. The van der Waals surface area contributed by atoms with Crippen molar-refractivity contribution >= 4 is 28.0 Å². The number of nitrogens with zero attached hydrogens (tertiary/aromatic N) is 4. The second kappa shape index (κ2) is 5.44. The molecular formula is C19H17N5O. The predicted octanol–water partition coefficient (Wildman–Crippen LogP) is 3.00. The number of fused-ring (bicyclic) bond motifs is 2. The van der Waals surface area contributed by atoms with E-state index in [1.807, 2.05) is 53.7 Å². The van der Waals surface area contributed by atoms with Crippen LogP contribution >= 0.6 is 0 Å². The normalized spacial score (nSPS) is 17.6. The maximum Gasteiger partial charge on any atom is 0.270 e. The maximum absolute atomic E-state index is 12.8. The molecule has 6 heteroatoms. The number of amides is 1. The molecule has 1 atom stereocenters. The van der Waals surface area contributed by atoms with Crippen LogP contribution in [0.25, 0.3) is 22.1 Å². The Morgan fingerprint density at radius 3 is 3.00 bits per heavy atom.